The van der Waals surface area contributed by atoms with E-state index in [9.17, 15) is 9.59 Å². The molecule has 0 aliphatic carbocycles. The van der Waals surface area contributed by atoms with Gasteiger partial charge in [-0.05, 0) is 36.2 Å². The van der Waals surface area contributed by atoms with Gasteiger partial charge in [0.15, 0.2) is 11.5 Å². The summed E-state index contributed by atoms with van der Waals surface area (Å²) in [6, 6.07) is 13.2. The first kappa shape index (κ1) is 21.5. The van der Waals surface area contributed by atoms with Crippen LogP contribution in [0.1, 0.15) is 18.4 Å². The molecule has 0 saturated carbocycles. The maximum absolute atomic E-state index is 12.7. The summed E-state index contributed by atoms with van der Waals surface area (Å²) in [6.45, 7) is 1.52. The van der Waals surface area contributed by atoms with E-state index in [4.69, 9.17) is 14.2 Å². The molecule has 0 atom stereocenters. The number of nitrogens with zero attached hydrogens (tertiary/aromatic N) is 2. The van der Waals surface area contributed by atoms with Gasteiger partial charge in [-0.3, -0.25) is 9.59 Å². The molecule has 1 heterocycles. The smallest absolute Gasteiger partial charge is 0.227 e. The van der Waals surface area contributed by atoms with E-state index in [1.54, 1.807) is 31.1 Å². The number of methoxy groups -OCH3 is 2. The van der Waals surface area contributed by atoms with Crippen LogP contribution in [0.5, 0.6) is 17.2 Å². The second-order valence-corrected chi connectivity index (χ2v) is 7.12. The quantitative estimate of drug-likeness (QED) is 0.667. The summed E-state index contributed by atoms with van der Waals surface area (Å²) in [5, 5.41) is 0. The van der Waals surface area contributed by atoms with Gasteiger partial charge in [0, 0.05) is 26.4 Å². The molecule has 0 aromatic heterocycles. The van der Waals surface area contributed by atoms with Gasteiger partial charge in [-0.2, -0.15) is 0 Å². The van der Waals surface area contributed by atoms with Crippen molar-refractivity contribution in [2.24, 2.45) is 0 Å². The molecule has 1 aliphatic rings. The van der Waals surface area contributed by atoms with Crippen LogP contribution in [-0.2, 0) is 16.0 Å². The van der Waals surface area contributed by atoms with E-state index in [1.165, 1.54) is 0 Å². The Hall–Kier alpha value is -3.22. The van der Waals surface area contributed by atoms with E-state index in [0.29, 0.717) is 43.4 Å². The molecule has 0 bridgehead atoms. The van der Waals surface area contributed by atoms with Crippen LogP contribution in [0.15, 0.2) is 42.5 Å². The Morgan fingerprint density at radius 3 is 2.60 bits per heavy atom. The van der Waals surface area contributed by atoms with Gasteiger partial charge in [0.1, 0.15) is 12.4 Å². The fraction of sp³-hybridized carbons (Fsp3) is 0.391. The van der Waals surface area contributed by atoms with Gasteiger partial charge in [0.05, 0.1) is 26.5 Å². The summed E-state index contributed by atoms with van der Waals surface area (Å²) in [7, 11) is 4.96. The van der Waals surface area contributed by atoms with Gasteiger partial charge in [0.25, 0.3) is 0 Å². The van der Waals surface area contributed by atoms with E-state index in [1.807, 2.05) is 42.5 Å². The maximum Gasteiger partial charge on any atom is 0.227 e. The first-order chi connectivity index (χ1) is 14.5. The molecule has 0 radical (unpaired) electrons. The molecule has 3 rings (SSSR count). The Morgan fingerprint density at radius 2 is 1.83 bits per heavy atom. The van der Waals surface area contributed by atoms with Crippen molar-refractivity contribution in [3.63, 3.8) is 0 Å². The lowest BCUT2D eigenvalue weighted by Gasteiger charge is -2.29. The predicted molar refractivity (Wildman–Crippen MR) is 114 cm³/mol. The molecule has 2 amide bonds. The molecule has 7 heteroatoms. The zero-order valence-corrected chi connectivity index (χ0v) is 17.7. The van der Waals surface area contributed by atoms with Crippen molar-refractivity contribution in [1.29, 1.82) is 0 Å². The average molecular weight is 412 g/mol. The Kier molecular flexibility index (Phi) is 7.17. The van der Waals surface area contributed by atoms with E-state index in [2.05, 4.69) is 0 Å². The molecular weight excluding hydrogens is 384 g/mol. The predicted octanol–water partition coefficient (Wildman–Crippen LogP) is 2.91. The van der Waals surface area contributed by atoms with Crippen LogP contribution in [0.3, 0.4) is 0 Å². The number of carbonyl (C=O) groups is 2. The second kappa shape index (κ2) is 10.0. The van der Waals surface area contributed by atoms with Crippen molar-refractivity contribution in [2.45, 2.75) is 19.3 Å². The van der Waals surface area contributed by atoms with Crippen LogP contribution < -0.4 is 19.1 Å². The largest absolute Gasteiger partial charge is 0.493 e. The maximum atomic E-state index is 12.7. The molecule has 2 aromatic rings. The minimum absolute atomic E-state index is 0.0506. The number of anilines is 1. The average Bonchev–Trinajstić information content (AvgIpc) is 2.79. The normalized spacial score (nSPS) is 12.6. The minimum atomic E-state index is -0.0626. The molecule has 0 spiro atoms. The van der Waals surface area contributed by atoms with Crippen molar-refractivity contribution in [3.8, 4) is 17.2 Å². The van der Waals surface area contributed by atoms with E-state index >= 15 is 0 Å². The fourth-order valence-corrected chi connectivity index (χ4v) is 3.43. The highest BCUT2D eigenvalue weighted by Crippen LogP contribution is 2.31. The van der Waals surface area contributed by atoms with Gasteiger partial charge in [0.2, 0.25) is 11.8 Å². The fourth-order valence-electron chi connectivity index (χ4n) is 3.43. The lowest BCUT2D eigenvalue weighted by Crippen LogP contribution is -2.38. The third kappa shape index (κ3) is 5.03. The molecule has 1 aliphatic heterocycles. The summed E-state index contributed by atoms with van der Waals surface area (Å²) in [4.78, 5) is 28.5. The van der Waals surface area contributed by atoms with Crippen molar-refractivity contribution < 1.29 is 23.8 Å². The van der Waals surface area contributed by atoms with Gasteiger partial charge in [-0.1, -0.05) is 18.2 Å². The number of benzene rings is 2. The van der Waals surface area contributed by atoms with Crippen LogP contribution in [0.4, 0.5) is 5.69 Å². The highest BCUT2D eigenvalue weighted by atomic mass is 16.5. The number of rotatable bonds is 8. The van der Waals surface area contributed by atoms with Crippen LogP contribution in [0.2, 0.25) is 0 Å². The number of likely N-dealkylation sites (N-methyl/N-ethyl adjacent to an activating group) is 1. The number of para-hydroxylation sites is 2. The zero-order chi connectivity index (χ0) is 21.5. The number of amides is 2. The number of fused-ring (bicyclic) bond motifs is 1. The van der Waals surface area contributed by atoms with E-state index < -0.39 is 0 Å². The zero-order valence-electron chi connectivity index (χ0n) is 17.7. The molecule has 30 heavy (non-hydrogen) atoms. The lowest BCUT2D eigenvalue weighted by atomic mass is 10.1. The van der Waals surface area contributed by atoms with Gasteiger partial charge >= 0.3 is 0 Å². The van der Waals surface area contributed by atoms with E-state index in [-0.39, 0.29) is 24.7 Å². The first-order valence-electron chi connectivity index (χ1n) is 10.0. The highest BCUT2D eigenvalue weighted by Gasteiger charge is 2.24. The number of hydrogen-bond acceptors (Lipinski definition) is 5. The van der Waals surface area contributed by atoms with E-state index in [0.717, 1.165) is 11.3 Å². The van der Waals surface area contributed by atoms with Crippen LogP contribution in [-0.4, -0.2) is 57.7 Å². The summed E-state index contributed by atoms with van der Waals surface area (Å²) in [6.07, 6.45) is 1.04. The number of carbonyl (C=O) groups excluding carboxylic acids is 2. The summed E-state index contributed by atoms with van der Waals surface area (Å²) >= 11 is 0. The standard InChI is InChI=1S/C23H28N2O5/c1-24(13-12-17-8-9-20(28-2)21(16-17)29-3)22(26)10-11-23(27)25-14-15-30-19-7-5-4-6-18(19)25/h4-9,16H,10-15H2,1-3H3. The summed E-state index contributed by atoms with van der Waals surface area (Å²) < 4.78 is 16.2. The third-order valence-corrected chi connectivity index (χ3v) is 5.19. The molecule has 0 unspecified atom stereocenters. The number of hydrogen-bond donors (Lipinski definition) is 0. The van der Waals surface area contributed by atoms with Crippen molar-refractivity contribution in [2.75, 3.05) is 45.9 Å². The van der Waals surface area contributed by atoms with Gasteiger partial charge < -0.3 is 24.0 Å². The van der Waals surface area contributed by atoms with Crippen molar-refractivity contribution in [3.05, 3.63) is 48.0 Å². The second-order valence-electron chi connectivity index (χ2n) is 7.12. The van der Waals surface area contributed by atoms with Crippen LogP contribution in [0.25, 0.3) is 0 Å². The van der Waals surface area contributed by atoms with Crippen molar-refractivity contribution >= 4 is 17.5 Å². The van der Waals surface area contributed by atoms with Crippen LogP contribution >= 0.6 is 0 Å². The molecule has 160 valence electrons. The van der Waals surface area contributed by atoms with Gasteiger partial charge in [-0.25, -0.2) is 0 Å². The molecule has 2 aromatic carbocycles. The molecule has 7 nitrogen and oxygen atoms in total. The molecular formula is C23H28N2O5. The topological polar surface area (TPSA) is 68.3 Å². The minimum Gasteiger partial charge on any atom is -0.493 e. The summed E-state index contributed by atoms with van der Waals surface area (Å²) in [5.41, 5.74) is 1.82. The Balaban J connectivity index is 1.50. The molecule has 0 fully saturated rings. The highest BCUT2D eigenvalue weighted by molar-refractivity contribution is 5.97. The lowest BCUT2D eigenvalue weighted by molar-refractivity contribution is -0.132. The third-order valence-electron chi connectivity index (χ3n) is 5.19. The Labute approximate surface area is 177 Å². The van der Waals surface area contributed by atoms with Gasteiger partial charge in [-0.15, -0.1) is 0 Å². The monoisotopic (exact) mass is 412 g/mol. The SMILES string of the molecule is COc1ccc(CCN(C)C(=O)CCC(=O)N2CCOc3ccccc32)cc1OC. The summed E-state index contributed by atoms with van der Waals surface area (Å²) in [5.74, 6) is 1.93. The Bertz CT molecular complexity index is 899. The Morgan fingerprint density at radius 1 is 1.07 bits per heavy atom. The first-order valence-corrected chi connectivity index (χ1v) is 10.0. The molecule has 0 saturated heterocycles. The number of ether oxygens (including phenoxy) is 3. The van der Waals surface area contributed by atoms with Crippen molar-refractivity contribution in [1.82, 2.24) is 4.90 Å². The van der Waals surface area contributed by atoms with Crippen LogP contribution in [0, 0.1) is 0 Å². The molecule has 0 N–H and O–H groups in total.